The van der Waals surface area contributed by atoms with E-state index in [1.54, 1.807) is 32.9 Å². The standard InChI is InChI=1S/C27H34N2O7/c1-19(25(32)35-17-21-13-9-6-10-14-21)23(30)15-28-24(31)22(29-26(33)36-27(2,3)4)18-34-16-20-11-7-5-8-12-20/h5-14,19,22H,15-18H2,1-4H3,(H,28,31)(H,29,33). The van der Waals surface area contributed by atoms with Crippen LogP contribution in [0.15, 0.2) is 60.7 Å². The smallest absolute Gasteiger partial charge is 0.408 e. The number of hydrogen-bond acceptors (Lipinski definition) is 7. The molecule has 0 radical (unpaired) electrons. The zero-order valence-corrected chi connectivity index (χ0v) is 21.1. The van der Waals surface area contributed by atoms with Gasteiger partial charge in [-0.05, 0) is 38.8 Å². The summed E-state index contributed by atoms with van der Waals surface area (Å²) in [6.07, 6.45) is -0.796. The van der Waals surface area contributed by atoms with Crippen LogP contribution in [-0.4, -0.2) is 48.5 Å². The largest absolute Gasteiger partial charge is 0.460 e. The molecule has 2 unspecified atom stereocenters. The summed E-state index contributed by atoms with van der Waals surface area (Å²) in [5.74, 6) is -2.93. The lowest BCUT2D eigenvalue weighted by atomic mass is 10.1. The number of ketones is 1. The Hall–Kier alpha value is -3.72. The van der Waals surface area contributed by atoms with Crippen molar-refractivity contribution in [3.8, 4) is 0 Å². The molecule has 2 rings (SSSR count). The lowest BCUT2D eigenvalue weighted by Crippen LogP contribution is -2.51. The molecule has 0 bridgehead atoms. The maximum absolute atomic E-state index is 12.8. The quantitative estimate of drug-likeness (QED) is 0.341. The molecule has 0 fully saturated rings. The van der Waals surface area contributed by atoms with Crippen LogP contribution < -0.4 is 10.6 Å². The first kappa shape index (κ1) is 28.5. The second-order valence-corrected chi connectivity index (χ2v) is 9.20. The molecular formula is C27H34N2O7. The molecule has 9 heteroatoms. The van der Waals surface area contributed by atoms with Crippen LogP contribution in [0.1, 0.15) is 38.8 Å². The molecule has 0 aromatic heterocycles. The Labute approximate surface area is 211 Å². The van der Waals surface area contributed by atoms with Crippen molar-refractivity contribution in [1.29, 1.82) is 0 Å². The summed E-state index contributed by atoms with van der Waals surface area (Å²) < 4.78 is 16.0. The normalized spacial score (nSPS) is 12.7. The van der Waals surface area contributed by atoms with Gasteiger partial charge in [-0.25, -0.2) is 4.79 Å². The monoisotopic (exact) mass is 498 g/mol. The number of Topliss-reactive ketones (excluding diaryl/α,β-unsaturated/α-hetero) is 1. The SMILES string of the molecule is CC(C(=O)CNC(=O)C(COCc1ccccc1)NC(=O)OC(C)(C)C)C(=O)OCc1ccccc1. The van der Waals surface area contributed by atoms with Crippen molar-refractivity contribution in [2.45, 2.75) is 52.6 Å². The number of carbonyl (C=O) groups excluding carboxylic acids is 4. The molecule has 2 N–H and O–H groups in total. The molecule has 9 nitrogen and oxygen atoms in total. The maximum Gasteiger partial charge on any atom is 0.408 e. The predicted octanol–water partition coefficient (Wildman–Crippen LogP) is 3.16. The summed E-state index contributed by atoms with van der Waals surface area (Å²) in [6.45, 7) is 6.23. The summed E-state index contributed by atoms with van der Waals surface area (Å²) in [7, 11) is 0. The van der Waals surface area contributed by atoms with Crippen molar-refractivity contribution in [3.63, 3.8) is 0 Å². The number of hydrogen-bond donors (Lipinski definition) is 2. The molecule has 2 amide bonds. The van der Waals surface area contributed by atoms with E-state index in [0.29, 0.717) is 0 Å². The van der Waals surface area contributed by atoms with Gasteiger partial charge in [0, 0.05) is 0 Å². The van der Waals surface area contributed by atoms with E-state index in [-0.39, 0.29) is 19.8 Å². The summed E-state index contributed by atoms with van der Waals surface area (Å²) in [5.41, 5.74) is 0.930. The molecule has 0 aliphatic heterocycles. The van der Waals surface area contributed by atoms with Crippen LogP contribution in [0, 0.1) is 5.92 Å². The van der Waals surface area contributed by atoms with Crippen molar-refractivity contribution < 1.29 is 33.4 Å². The number of esters is 1. The number of nitrogens with one attached hydrogen (secondary N) is 2. The van der Waals surface area contributed by atoms with Gasteiger partial charge in [0.2, 0.25) is 5.91 Å². The average molecular weight is 499 g/mol. The minimum Gasteiger partial charge on any atom is -0.460 e. The first-order valence-electron chi connectivity index (χ1n) is 11.7. The topological polar surface area (TPSA) is 120 Å². The van der Waals surface area contributed by atoms with Crippen LogP contribution in [0.25, 0.3) is 0 Å². The molecule has 194 valence electrons. The average Bonchev–Trinajstić information content (AvgIpc) is 2.84. The Morgan fingerprint density at radius 1 is 0.861 bits per heavy atom. The molecule has 0 saturated heterocycles. The molecule has 0 aliphatic carbocycles. The van der Waals surface area contributed by atoms with Gasteiger partial charge in [0.1, 0.15) is 24.2 Å². The van der Waals surface area contributed by atoms with Gasteiger partial charge in [-0.2, -0.15) is 0 Å². The first-order chi connectivity index (χ1) is 17.0. The Morgan fingerprint density at radius 2 is 1.42 bits per heavy atom. The van der Waals surface area contributed by atoms with Gasteiger partial charge < -0.3 is 24.8 Å². The molecular weight excluding hydrogens is 464 g/mol. The molecule has 2 atom stereocenters. The van der Waals surface area contributed by atoms with E-state index in [2.05, 4.69) is 10.6 Å². The fourth-order valence-electron chi connectivity index (χ4n) is 2.94. The van der Waals surface area contributed by atoms with E-state index < -0.39 is 47.9 Å². The first-order valence-corrected chi connectivity index (χ1v) is 11.7. The van der Waals surface area contributed by atoms with Crippen molar-refractivity contribution >= 4 is 23.8 Å². The second kappa shape index (κ2) is 14.0. The molecule has 36 heavy (non-hydrogen) atoms. The van der Waals surface area contributed by atoms with Crippen LogP contribution in [0.4, 0.5) is 4.79 Å². The maximum atomic E-state index is 12.8. The molecule has 0 spiro atoms. The minimum absolute atomic E-state index is 0.0459. The zero-order valence-electron chi connectivity index (χ0n) is 21.1. The number of rotatable bonds is 12. The van der Waals surface area contributed by atoms with Crippen LogP contribution in [0.5, 0.6) is 0 Å². The molecule has 0 heterocycles. The number of carbonyl (C=O) groups is 4. The van der Waals surface area contributed by atoms with E-state index in [4.69, 9.17) is 14.2 Å². The van der Waals surface area contributed by atoms with E-state index in [1.165, 1.54) is 6.92 Å². The van der Waals surface area contributed by atoms with Gasteiger partial charge in [-0.1, -0.05) is 60.7 Å². The Kier molecular flexibility index (Phi) is 11.1. The number of ether oxygens (including phenoxy) is 3. The van der Waals surface area contributed by atoms with Gasteiger partial charge in [-0.15, -0.1) is 0 Å². The van der Waals surface area contributed by atoms with Gasteiger partial charge in [0.25, 0.3) is 0 Å². The summed E-state index contributed by atoms with van der Waals surface area (Å²) >= 11 is 0. The highest BCUT2D eigenvalue weighted by Gasteiger charge is 2.27. The summed E-state index contributed by atoms with van der Waals surface area (Å²) in [6, 6.07) is 17.3. The van der Waals surface area contributed by atoms with E-state index >= 15 is 0 Å². The Balaban J connectivity index is 1.89. The third-order valence-corrected chi connectivity index (χ3v) is 4.90. The van der Waals surface area contributed by atoms with Crippen molar-refractivity contribution in [2.75, 3.05) is 13.2 Å². The minimum atomic E-state index is -1.11. The molecule has 2 aromatic carbocycles. The number of amides is 2. The van der Waals surface area contributed by atoms with Crippen molar-refractivity contribution in [2.24, 2.45) is 5.92 Å². The Morgan fingerprint density at radius 3 is 1.97 bits per heavy atom. The van der Waals surface area contributed by atoms with Crippen molar-refractivity contribution in [3.05, 3.63) is 71.8 Å². The molecule has 0 saturated carbocycles. The zero-order chi connectivity index (χ0) is 26.6. The van der Waals surface area contributed by atoms with Gasteiger partial charge in [0.15, 0.2) is 5.78 Å². The van der Waals surface area contributed by atoms with Crippen LogP contribution >= 0.6 is 0 Å². The second-order valence-electron chi connectivity index (χ2n) is 9.20. The van der Waals surface area contributed by atoms with E-state index in [9.17, 15) is 19.2 Å². The lowest BCUT2D eigenvalue weighted by Gasteiger charge is -2.23. The van der Waals surface area contributed by atoms with Crippen molar-refractivity contribution in [1.82, 2.24) is 10.6 Å². The van der Waals surface area contributed by atoms with Crippen LogP contribution in [0.3, 0.4) is 0 Å². The highest BCUT2D eigenvalue weighted by atomic mass is 16.6. The molecule has 0 aliphatic rings. The third kappa shape index (κ3) is 10.7. The van der Waals surface area contributed by atoms with Gasteiger partial charge >= 0.3 is 12.1 Å². The van der Waals surface area contributed by atoms with Gasteiger partial charge in [0.05, 0.1) is 19.8 Å². The third-order valence-electron chi connectivity index (χ3n) is 4.90. The highest BCUT2D eigenvalue weighted by molar-refractivity contribution is 6.01. The van der Waals surface area contributed by atoms with E-state index in [1.807, 2.05) is 48.5 Å². The van der Waals surface area contributed by atoms with Crippen LogP contribution in [-0.2, 0) is 41.8 Å². The van der Waals surface area contributed by atoms with E-state index in [0.717, 1.165) is 11.1 Å². The molecule has 2 aromatic rings. The Bertz CT molecular complexity index is 1000. The fraction of sp³-hybridized carbons (Fsp3) is 0.407. The van der Waals surface area contributed by atoms with Crippen LogP contribution in [0.2, 0.25) is 0 Å². The summed E-state index contributed by atoms with van der Waals surface area (Å²) in [5, 5.41) is 4.94. The number of alkyl carbamates (subject to hydrolysis) is 1. The predicted molar refractivity (Wildman–Crippen MR) is 133 cm³/mol. The lowest BCUT2D eigenvalue weighted by molar-refractivity contribution is -0.152. The highest BCUT2D eigenvalue weighted by Crippen LogP contribution is 2.08. The summed E-state index contributed by atoms with van der Waals surface area (Å²) in [4.78, 5) is 49.7. The fourth-order valence-corrected chi connectivity index (χ4v) is 2.94. The number of benzene rings is 2. The van der Waals surface area contributed by atoms with Gasteiger partial charge in [-0.3, -0.25) is 14.4 Å².